The van der Waals surface area contributed by atoms with E-state index >= 15 is 0 Å². The average Bonchev–Trinajstić information content (AvgIpc) is 2.62. The van der Waals surface area contributed by atoms with Crippen LogP contribution in [0.5, 0.6) is 0 Å². The minimum absolute atomic E-state index is 0.0790. The number of anilines is 1. The zero-order valence-electron chi connectivity index (χ0n) is 15.4. The fourth-order valence-electron chi connectivity index (χ4n) is 2.45. The maximum atomic E-state index is 13.6. The summed E-state index contributed by atoms with van der Waals surface area (Å²) in [4.78, 5) is 24.8. The number of hydrogen-bond acceptors (Lipinski definition) is 2. The maximum absolute atomic E-state index is 13.6. The highest BCUT2D eigenvalue weighted by atomic mass is 19.4. The van der Waals surface area contributed by atoms with E-state index in [0.717, 1.165) is 12.1 Å². The van der Waals surface area contributed by atoms with Gasteiger partial charge in [-0.05, 0) is 44.0 Å². The Bertz CT molecular complexity index is 863. The van der Waals surface area contributed by atoms with Crippen LogP contribution in [0.15, 0.2) is 48.5 Å². The predicted octanol–water partition coefficient (Wildman–Crippen LogP) is 4.17. The van der Waals surface area contributed by atoms with Crippen molar-refractivity contribution in [1.29, 1.82) is 0 Å². The summed E-state index contributed by atoms with van der Waals surface area (Å²) < 4.78 is 52.7. The molecule has 2 aromatic carbocycles. The van der Waals surface area contributed by atoms with Crippen LogP contribution >= 0.6 is 0 Å². The van der Waals surface area contributed by atoms with Crippen molar-refractivity contribution in [3.05, 3.63) is 65.5 Å². The monoisotopic (exact) mass is 396 g/mol. The van der Waals surface area contributed by atoms with Gasteiger partial charge in [0.05, 0.1) is 11.3 Å². The number of carbonyl (C=O) groups is 2. The van der Waals surface area contributed by atoms with Crippen LogP contribution in [-0.4, -0.2) is 18.4 Å². The Morgan fingerprint density at radius 2 is 1.54 bits per heavy atom. The van der Waals surface area contributed by atoms with E-state index in [1.807, 2.05) is 0 Å². The van der Waals surface area contributed by atoms with Crippen LogP contribution in [0.2, 0.25) is 0 Å². The molecule has 0 atom stereocenters. The molecule has 2 rings (SSSR count). The minimum atomic E-state index is -4.64. The molecule has 0 aliphatic carbocycles. The van der Waals surface area contributed by atoms with Crippen molar-refractivity contribution >= 4 is 17.5 Å². The molecule has 2 aromatic rings. The van der Waals surface area contributed by atoms with Gasteiger partial charge in [0.25, 0.3) is 0 Å². The Labute approximate surface area is 159 Å². The van der Waals surface area contributed by atoms with Gasteiger partial charge in [-0.3, -0.25) is 9.59 Å². The Morgan fingerprint density at radius 1 is 0.929 bits per heavy atom. The number of para-hydroxylation sites is 1. The molecule has 0 unspecified atom stereocenters. The van der Waals surface area contributed by atoms with Gasteiger partial charge in [0.1, 0.15) is 11.2 Å². The van der Waals surface area contributed by atoms with E-state index in [-0.39, 0.29) is 13.0 Å². The zero-order valence-corrected chi connectivity index (χ0v) is 15.4. The number of alkyl halides is 3. The average molecular weight is 396 g/mol. The summed E-state index contributed by atoms with van der Waals surface area (Å²) in [7, 11) is 0. The third kappa shape index (κ3) is 5.09. The van der Waals surface area contributed by atoms with Gasteiger partial charge >= 0.3 is 6.18 Å². The van der Waals surface area contributed by atoms with Gasteiger partial charge in [-0.1, -0.05) is 30.3 Å². The van der Waals surface area contributed by atoms with Gasteiger partial charge in [-0.15, -0.1) is 0 Å². The van der Waals surface area contributed by atoms with Crippen LogP contribution in [0.1, 0.15) is 25.0 Å². The lowest BCUT2D eigenvalue weighted by Gasteiger charge is -2.24. The van der Waals surface area contributed by atoms with Crippen molar-refractivity contribution < 1.29 is 27.2 Å². The molecular weight excluding hydrogens is 376 g/mol. The van der Waals surface area contributed by atoms with Crippen LogP contribution in [0.25, 0.3) is 0 Å². The Kier molecular flexibility index (Phi) is 6.43. The molecule has 28 heavy (non-hydrogen) atoms. The Hall–Kier alpha value is -2.90. The van der Waals surface area contributed by atoms with E-state index in [9.17, 15) is 27.2 Å². The Balaban J connectivity index is 2.02. The van der Waals surface area contributed by atoms with Gasteiger partial charge in [0.15, 0.2) is 0 Å². The molecular formula is C20H20F4N2O2. The largest absolute Gasteiger partial charge is 0.418 e. The molecule has 0 radical (unpaired) electrons. The number of amides is 2. The fraction of sp³-hybridized carbons (Fsp3) is 0.300. The number of hydrogen-bond donors (Lipinski definition) is 2. The molecule has 0 aromatic heterocycles. The molecule has 0 fully saturated rings. The van der Waals surface area contributed by atoms with Crippen molar-refractivity contribution in [1.82, 2.24) is 5.32 Å². The molecule has 0 aliphatic heterocycles. The summed E-state index contributed by atoms with van der Waals surface area (Å²) in [6.45, 7) is 2.68. The van der Waals surface area contributed by atoms with E-state index in [4.69, 9.17) is 0 Å². The highest BCUT2D eigenvalue weighted by Crippen LogP contribution is 2.35. The van der Waals surface area contributed by atoms with Crippen molar-refractivity contribution in [2.45, 2.75) is 26.4 Å². The smallest absolute Gasteiger partial charge is 0.355 e. The van der Waals surface area contributed by atoms with E-state index in [1.54, 1.807) is 18.2 Å². The summed E-state index contributed by atoms with van der Waals surface area (Å²) in [6.07, 6.45) is -4.43. The molecule has 8 heteroatoms. The van der Waals surface area contributed by atoms with Crippen molar-refractivity contribution in [3.8, 4) is 0 Å². The SMILES string of the molecule is CC(C)(C(=O)NCCc1ccccc1F)C(=O)Nc1ccccc1C(F)(F)F. The van der Waals surface area contributed by atoms with Gasteiger partial charge in [-0.25, -0.2) is 4.39 Å². The number of nitrogens with one attached hydrogen (secondary N) is 2. The third-order valence-electron chi connectivity index (χ3n) is 4.25. The lowest BCUT2D eigenvalue weighted by Crippen LogP contribution is -2.45. The van der Waals surface area contributed by atoms with E-state index in [2.05, 4.69) is 10.6 Å². The lowest BCUT2D eigenvalue weighted by atomic mass is 9.90. The second kappa shape index (κ2) is 8.41. The molecule has 0 bridgehead atoms. The number of benzene rings is 2. The van der Waals surface area contributed by atoms with Crippen molar-refractivity contribution in [2.75, 3.05) is 11.9 Å². The first-order valence-electron chi connectivity index (χ1n) is 8.53. The molecule has 0 saturated carbocycles. The molecule has 0 aliphatic rings. The van der Waals surface area contributed by atoms with Gasteiger partial charge < -0.3 is 10.6 Å². The number of rotatable bonds is 6. The van der Waals surface area contributed by atoms with E-state index in [1.165, 1.54) is 32.0 Å². The quantitative estimate of drug-likeness (QED) is 0.569. The molecule has 0 spiro atoms. The summed E-state index contributed by atoms with van der Waals surface area (Å²) in [5, 5.41) is 4.70. The van der Waals surface area contributed by atoms with Crippen LogP contribution in [-0.2, 0) is 22.2 Å². The second-order valence-electron chi connectivity index (χ2n) is 6.72. The molecule has 0 heterocycles. The summed E-state index contributed by atoms with van der Waals surface area (Å²) in [6, 6.07) is 10.6. The standard InChI is InChI=1S/C20H20F4N2O2/c1-19(2,17(27)25-12-11-13-7-3-5-9-15(13)21)18(28)26-16-10-6-4-8-14(16)20(22,23)24/h3-10H,11-12H2,1-2H3,(H,25,27)(H,26,28). The zero-order chi connectivity index (χ0) is 20.9. The van der Waals surface area contributed by atoms with Crippen molar-refractivity contribution in [3.63, 3.8) is 0 Å². The first kappa shape index (κ1) is 21.4. The molecule has 4 nitrogen and oxygen atoms in total. The van der Waals surface area contributed by atoms with Gasteiger partial charge in [0.2, 0.25) is 11.8 Å². The van der Waals surface area contributed by atoms with Gasteiger partial charge in [-0.2, -0.15) is 13.2 Å². The Morgan fingerprint density at radius 3 is 2.18 bits per heavy atom. The van der Waals surface area contributed by atoms with Crippen LogP contribution < -0.4 is 10.6 Å². The highest BCUT2D eigenvalue weighted by molar-refractivity contribution is 6.10. The van der Waals surface area contributed by atoms with Crippen molar-refractivity contribution in [2.24, 2.45) is 5.41 Å². The summed E-state index contributed by atoms with van der Waals surface area (Å²) >= 11 is 0. The summed E-state index contributed by atoms with van der Waals surface area (Å²) in [5.41, 5.74) is -2.65. The number of halogens is 4. The van der Waals surface area contributed by atoms with Crippen LogP contribution in [0.3, 0.4) is 0 Å². The first-order valence-corrected chi connectivity index (χ1v) is 8.53. The third-order valence-corrected chi connectivity index (χ3v) is 4.25. The topological polar surface area (TPSA) is 58.2 Å². The number of carbonyl (C=O) groups excluding carboxylic acids is 2. The van der Waals surface area contributed by atoms with Crippen LogP contribution in [0, 0.1) is 11.2 Å². The highest BCUT2D eigenvalue weighted by Gasteiger charge is 2.38. The minimum Gasteiger partial charge on any atom is -0.355 e. The fourth-order valence-corrected chi connectivity index (χ4v) is 2.45. The normalized spacial score (nSPS) is 11.8. The lowest BCUT2D eigenvalue weighted by molar-refractivity contribution is -0.138. The molecule has 2 amide bonds. The molecule has 0 saturated heterocycles. The molecule has 2 N–H and O–H groups in total. The van der Waals surface area contributed by atoms with Gasteiger partial charge in [0, 0.05) is 6.54 Å². The van der Waals surface area contributed by atoms with E-state index < -0.39 is 40.5 Å². The van der Waals surface area contributed by atoms with Crippen LogP contribution in [0.4, 0.5) is 23.2 Å². The summed E-state index contributed by atoms with van der Waals surface area (Å²) in [5.74, 6) is -1.96. The first-order chi connectivity index (χ1) is 13.0. The predicted molar refractivity (Wildman–Crippen MR) is 97.0 cm³/mol. The maximum Gasteiger partial charge on any atom is 0.418 e. The second-order valence-corrected chi connectivity index (χ2v) is 6.72. The molecule has 150 valence electrons. The van der Waals surface area contributed by atoms with E-state index in [0.29, 0.717) is 5.56 Å².